The second kappa shape index (κ2) is 6.77. The predicted molar refractivity (Wildman–Crippen MR) is 62.4 cm³/mol. The summed E-state index contributed by atoms with van der Waals surface area (Å²) in [6, 6.07) is 1.61. The minimum atomic E-state index is -2.57. The van der Waals surface area contributed by atoms with Crippen LogP contribution in [0.15, 0.2) is 12.3 Å². The number of alkyl halides is 2. The van der Waals surface area contributed by atoms with Crippen molar-refractivity contribution in [3.05, 3.63) is 18.0 Å². The van der Waals surface area contributed by atoms with E-state index in [0.29, 0.717) is 12.2 Å². The third-order valence-electron chi connectivity index (χ3n) is 2.95. The van der Waals surface area contributed by atoms with Crippen molar-refractivity contribution < 1.29 is 13.5 Å². The molecule has 0 saturated carbocycles. The molecule has 5 nitrogen and oxygen atoms in total. The van der Waals surface area contributed by atoms with Gasteiger partial charge in [0.15, 0.2) is 0 Å². The van der Waals surface area contributed by atoms with Gasteiger partial charge in [0.2, 0.25) is 0 Å². The van der Waals surface area contributed by atoms with Gasteiger partial charge in [-0.05, 0) is 6.07 Å². The molecule has 102 valence electrons. The minimum absolute atomic E-state index is 0.411. The number of morpholine rings is 1. The van der Waals surface area contributed by atoms with Crippen LogP contribution in [0.3, 0.4) is 0 Å². The average Bonchev–Trinajstić information content (AvgIpc) is 2.84. The van der Waals surface area contributed by atoms with Gasteiger partial charge in [0.1, 0.15) is 0 Å². The summed E-state index contributed by atoms with van der Waals surface area (Å²) in [6.45, 7) is 2.95. The van der Waals surface area contributed by atoms with Crippen LogP contribution in [0.25, 0.3) is 0 Å². The topological polar surface area (TPSA) is 42.3 Å². The molecule has 2 rings (SSSR count). The smallest absolute Gasteiger partial charge is 0.333 e. The number of hydrogen-bond donors (Lipinski definition) is 1. The number of halogens is 2. The van der Waals surface area contributed by atoms with Gasteiger partial charge in [0, 0.05) is 38.9 Å². The first-order chi connectivity index (χ1) is 8.77. The van der Waals surface area contributed by atoms with Crippen molar-refractivity contribution in [3.63, 3.8) is 0 Å². The van der Waals surface area contributed by atoms with E-state index in [9.17, 15) is 8.78 Å². The predicted octanol–water partition coefficient (Wildman–Crippen LogP) is 0.700. The molecule has 1 aliphatic heterocycles. The molecule has 0 radical (unpaired) electrons. The lowest BCUT2D eigenvalue weighted by Crippen LogP contribution is -2.40. The van der Waals surface area contributed by atoms with Crippen molar-refractivity contribution in [1.82, 2.24) is 20.0 Å². The molecule has 1 fully saturated rings. The Morgan fingerprint density at radius 3 is 2.89 bits per heavy atom. The maximum absolute atomic E-state index is 12.5. The molecule has 1 aliphatic rings. The Kier molecular flexibility index (Phi) is 5.03. The molecule has 7 heteroatoms. The van der Waals surface area contributed by atoms with E-state index in [0.717, 1.165) is 44.1 Å². The molecule has 2 heterocycles. The summed E-state index contributed by atoms with van der Waals surface area (Å²) in [6.07, 6.45) is 1.39. The molecule has 18 heavy (non-hydrogen) atoms. The zero-order chi connectivity index (χ0) is 12.8. The van der Waals surface area contributed by atoms with Crippen molar-refractivity contribution in [3.8, 4) is 0 Å². The Morgan fingerprint density at radius 2 is 2.17 bits per heavy atom. The van der Waals surface area contributed by atoms with Crippen LogP contribution in [-0.4, -0.2) is 54.1 Å². The maximum atomic E-state index is 12.5. The van der Waals surface area contributed by atoms with Crippen LogP contribution in [0.4, 0.5) is 8.78 Å². The van der Waals surface area contributed by atoms with Gasteiger partial charge >= 0.3 is 6.55 Å². The second-order valence-corrected chi connectivity index (χ2v) is 4.18. The van der Waals surface area contributed by atoms with Crippen molar-refractivity contribution in [1.29, 1.82) is 0 Å². The number of rotatable bonds is 6. The van der Waals surface area contributed by atoms with E-state index >= 15 is 0 Å². The van der Waals surface area contributed by atoms with E-state index in [1.807, 2.05) is 0 Å². The van der Waals surface area contributed by atoms with Crippen molar-refractivity contribution in [2.45, 2.75) is 13.1 Å². The van der Waals surface area contributed by atoms with Gasteiger partial charge in [-0.1, -0.05) is 0 Å². The Balaban J connectivity index is 1.66. The highest BCUT2D eigenvalue weighted by Crippen LogP contribution is 2.11. The number of nitrogens with zero attached hydrogens (tertiary/aromatic N) is 3. The number of nitrogens with one attached hydrogen (secondary N) is 1. The third-order valence-corrected chi connectivity index (χ3v) is 2.95. The van der Waals surface area contributed by atoms with Gasteiger partial charge in [-0.25, -0.2) is 4.68 Å². The highest BCUT2D eigenvalue weighted by molar-refractivity contribution is 5.00. The van der Waals surface area contributed by atoms with Crippen molar-refractivity contribution in [2.24, 2.45) is 0 Å². The standard InChI is InChI=1S/C11H18F2N4O/c12-11(13)17-10(1-2-15-17)9-14-3-4-16-5-7-18-8-6-16/h1-2,11,14H,3-9H2. The first kappa shape index (κ1) is 13.4. The molecular formula is C11H18F2N4O. The number of hydrogen-bond acceptors (Lipinski definition) is 4. The normalized spacial score (nSPS) is 17.5. The lowest BCUT2D eigenvalue weighted by Gasteiger charge is -2.26. The molecule has 0 unspecified atom stereocenters. The molecular weight excluding hydrogens is 242 g/mol. The van der Waals surface area contributed by atoms with Crippen LogP contribution in [0, 0.1) is 0 Å². The summed E-state index contributed by atoms with van der Waals surface area (Å²) in [5.41, 5.74) is 0.506. The molecule has 0 bridgehead atoms. The van der Waals surface area contributed by atoms with Crippen LogP contribution in [-0.2, 0) is 11.3 Å². The monoisotopic (exact) mass is 260 g/mol. The van der Waals surface area contributed by atoms with Gasteiger partial charge in [-0.15, -0.1) is 0 Å². The van der Waals surface area contributed by atoms with Crippen molar-refractivity contribution >= 4 is 0 Å². The largest absolute Gasteiger partial charge is 0.379 e. The SMILES string of the molecule is FC(F)n1nccc1CNCCN1CCOCC1. The molecule has 0 amide bonds. The van der Waals surface area contributed by atoms with E-state index in [2.05, 4.69) is 15.3 Å². The van der Waals surface area contributed by atoms with Crippen molar-refractivity contribution in [2.75, 3.05) is 39.4 Å². The summed E-state index contributed by atoms with van der Waals surface area (Å²) in [5, 5.41) is 6.74. The first-order valence-corrected chi connectivity index (χ1v) is 6.09. The molecule has 1 N–H and O–H groups in total. The summed E-state index contributed by atoms with van der Waals surface area (Å²) in [5.74, 6) is 0. The fourth-order valence-corrected chi connectivity index (χ4v) is 1.94. The van der Waals surface area contributed by atoms with Gasteiger partial charge in [-0.3, -0.25) is 4.90 Å². The molecule has 0 spiro atoms. The van der Waals surface area contributed by atoms with Crippen LogP contribution in [0.1, 0.15) is 12.2 Å². The zero-order valence-corrected chi connectivity index (χ0v) is 10.2. The molecule has 1 saturated heterocycles. The zero-order valence-electron chi connectivity index (χ0n) is 10.2. The molecule has 0 aliphatic carbocycles. The first-order valence-electron chi connectivity index (χ1n) is 6.09. The van der Waals surface area contributed by atoms with E-state index in [-0.39, 0.29) is 0 Å². The fraction of sp³-hybridized carbons (Fsp3) is 0.727. The van der Waals surface area contributed by atoms with E-state index in [1.165, 1.54) is 6.20 Å². The highest BCUT2D eigenvalue weighted by Gasteiger charge is 2.12. The molecule has 1 aromatic rings. The van der Waals surface area contributed by atoms with Gasteiger partial charge in [0.05, 0.1) is 18.9 Å². The van der Waals surface area contributed by atoms with Crippen LogP contribution in [0.2, 0.25) is 0 Å². The quantitative estimate of drug-likeness (QED) is 0.765. The fourth-order valence-electron chi connectivity index (χ4n) is 1.94. The average molecular weight is 260 g/mol. The second-order valence-electron chi connectivity index (χ2n) is 4.18. The maximum Gasteiger partial charge on any atom is 0.333 e. The van der Waals surface area contributed by atoms with Gasteiger partial charge < -0.3 is 10.1 Å². The number of ether oxygens (including phenoxy) is 1. The van der Waals surface area contributed by atoms with Crippen LogP contribution < -0.4 is 5.32 Å². The molecule has 0 atom stereocenters. The van der Waals surface area contributed by atoms with E-state index in [1.54, 1.807) is 6.07 Å². The summed E-state index contributed by atoms with van der Waals surface area (Å²) < 4.78 is 31.0. The Bertz CT molecular complexity index is 353. The highest BCUT2D eigenvalue weighted by atomic mass is 19.3. The Morgan fingerprint density at radius 1 is 1.39 bits per heavy atom. The summed E-state index contributed by atoms with van der Waals surface area (Å²) >= 11 is 0. The lowest BCUT2D eigenvalue weighted by molar-refractivity contribution is 0.0381. The molecule has 1 aromatic heterocycles. The van der Waals surface area contributed by atoms with E-state index in [4.69, 9.17) is 4.74 Å². The van der Waals surface area contributed by atoms with Crippen LogP contribution in [0.5, 0.6) is 0 Å². The Hall–Kier alpha value is -1.05. The minimum Gasteiger partial charge on any atom is -0.379 e. The van der Waals surface area contributed by atoms with Crippen LogP contribution >= 0.6 is 0 Å². The summed E-state index contributed by atoms with van der Waals surface area (Å²) in [4.78, 5) is 2.29. The third kappa shape index (κ3) is 3.72. The van der Waals surface area contributed by atoms with Gasteiger partial charge in [-0.2, -0.15) is 13.9 Å². The lowest BCUT2D eigenvalue weighted by atomic mass is 10.4. The van der Waals surface area contributed by atoms with E-state index < -0.39 is 6.55 Å². The molecule has 0 aromatic carbocycles. The number of aromatic nitrogens is 2. The summed E-state index contributed by atoms with van der Waals surface area (Å²) in [7, 11) is 0. The van der Waals surface area contributed by atoms with Gasteiger partial charge in [0.25, 0.3) is 0 Å². The Labute approximate surface area is 105 Å².